The highest BCUT2D eigenvalue weighted by molar-refractivity contribution is 6.15. The van der Waals surface area contributed by atoms with E-state index in [1.54, 1.807) is 0 Å². The Bertz CT molecular complexity index is 2060. The van der Waals surface area contributed by atoms with Gasteiger partial charge in [0, 0.05) is 22.8 Å². The van der Waals surface area contributed by atoms with Crippen LogP contribution in [0.2, 0.25) is 0 Å². The number of aromatic nitrogens is 2. The number of Topliss-reactive ketones (excluding diaryl/α,β-unsaturated/α-hetero) is 1. The maximum atomic E-state index is 14.0. The van der Waals surface area contributed by atoms with Gasteiger partial charge in [0.2, 0.25) is 5.78 Å². The van der Waals surface area contributed by atoms with Gasteiger partial charge in [-0.05, 0) is 66.7 Å². The third-order valence-corrected chi connectivity index (χ3v) is 8.46. The molecule has 5 nitrogen and oxygen atoms in total. The lowest BCUT2D eigenvalue weighted by Crippen LogP contribution is -2.19. The fraction of sp³-hybridized carbons (Fsp3) is 0.154. The molecule has 0 amide bonds. The maximum Gasteiger partial charge on any atom is 0.339 e. The molecule has 0 saturated heterocycles. The molecule has 0 unspecified atom stereocenters. The summed E-state index contributed by atoms with van der Waals surface area (Å²) >= 11 is 0. The van der Waals surface area contributed by atoms with Crippen LogP contribution in [-0.4, -0.2) is 27.9 Å². The van der Waals surface area contributed by atoms with Crippen LogP contribution >= 0.6 is 0 Å². The van der Waals surface area contributed by atoms with Gasteiger partial charge < -0.3 is 9.30 Å². The lowest BCUT2D eigenvalue weighted by molar-refractivity contribution is 0.0476. The van der Waals surface area contributed by atoms with Gasteiger partial charge in [-0.2, -0.15) is 0 Å². The van der Waals surface area contributed by atoms with Crippen molar-refractivity contribution in [3.8, 4) is 11.3 Å². The molecule has 4 aromatic carbocycles. The van der Waals surface area contributed by atoms with Gasteiger partial charge in [0.15, 0.2) is 6.61 Å². The van der Waals surface area contributed by atoms with E-state index in [2.05, 4.69) is 29.7 Å². The summed E-state index contributed by atoms with van der Waals surface area (Å²) in [6.45, 7) is 2.42. The van der Waals surface area contributed by atoms with Crippen LogP contribution in [0.3, 0.4) is 0 Å². The zero-order valence-corrected chi connectivity index (χ0v) is 24.6. The number of aryl methyl sites for hydroxylation is 1. The van der Waals surface area contributed by atoms with Crippen molar-refractivity contribution in [2.45, 2.75) is 32.7 Å². The Hall–Kier alpha value is -5.29. The van der Waals surface area contributed by atoms with Gasteiger partial charge in [0.05, 0.1) is 28.0 Å². The summed E-state index contributed by atoms with van der Waals surface area (Å²) in [5.74, 6) is -0.716. The fourth-order valence-corrected chi connectivity index (χ4v) is 6.54. The summed E-state index contributed by atoms with van der Waals surface area (Å²) < 4.78 is 8.07. The van der Waals surface area contributed by atoms with Crippen LogP contribution in [0, 0.1) is 0 Å². The van der Waals surface area contributed by atoms with Gasteiger partial charge in [-0.3, -0.25) is 4.79 Å². The van der Waals surface area contributed by atoms with Gasteiger partial charge in [-0.25, -0.2) is 9.78 Å². The van der Waals surface area contributed by atoms with Crippen molar-refractivity contribution >= 4 is 45.2 Å². The van der Waals surface area contributed by atoms with E-state index in [1.165, 1.54) is 0 Å². The highest BCUT2D eigenvalue weighted by Gasteiger charge is 2.28. The summed E-state index contributed by atoms with van der Waals surface area (Å²) in [5.41, 5.74) is 8.54. The van der Waals surface area contributed by atoms with E-state index >= 15 is 0 Å². The fourth-order valence-electron chi connectivity index (χ4n) is 6.54. The monoisotopic (exact) mass is 576 g/mol. The van der Waals surface area contributed by atoms with Crippen LogP contribution in [0.15, 0.2) is 109 Å². The second kappa shape index (κ2) is 11.8. The highest BCUT2D eigenvalue weighted by Crippen LogP contribution is 2.37. The number of benzene rings is 4. The summed E-state index contributed by atoms with van der Waals surface area (Å²) in [6.07, 6.45) is 4.67. The van der Waals surface area contributed by atoms with Crippen molar-refractivity contribution in [2.75, 3.05) is 6.61 Å². The summed E-state index contributed by atoms with van der Waals surface area (Å²) in [7, 11) is 0. The number of ether oxygens (including phenoxy) is 1. The number of esters is 1. The minimum Gasteiger partial charge on any atom is -0.454 e. The predicted molar refractivity (Wildman–Crippen MR) is 177 cm³/mol. The summed E-state index contributed by atoms with van der Waals surface area (Å²) in [4.78, 5) is 33.0. The normalized spacial score (nSPS) is 13.7. The van der Waals surface area contributed by atoms with E-state index in [0.29, 0.717) is 17.7 Å². The van der Waals surface area contributed by atoms with E-state index < -0.39 is 5.97 Å². The predicted octanol–water partition coefficient (Wildman–Crippen LogP) is 8.79. The topological polar surface area (TPSA) is 61.2 Å². The summed E-state index contributed by atoms with van der Waals surface area (Å²) in [6, 6.07) is 35.7. The molecule has 0 radical (unpaired) electrons. The zero-order chi connectivity index (χ0) is 30.0. The Morgan fingerprint density at radius 1 is 0.795 bits per heavy atom. The van der Waals surface area contributed by atoms with Gasteiger partial charge in [-0.15, -0.1) is 0 Å². The van der Waals surface area contributed by atoms with Crippen molar-refractivity contribution in [3.63, 3.8) is 0 Å². The Morgan fingerprint density at radius 3 is 2.25 bits per heavy atom. The van der Waals surface area contributed by atoms with Gasteiger partial charge >= 0.3 is 5.97 Å². The third kappa shape index (κ3) is 4.90. The first-order chi connectivity index (χ1) is 21.6. The Kier molecular flexibility index (Phi) is 7.37. The van der Waals surface area contributed by atoms with E-state index in [-0.39, 0.29) is 12.4 Å². The SMILES string of the molecule is CCn1c(-c2ccccc2)c(C(=O)COC(=O)c2c3c(nc4ccccc24)/C(=C/c2ccccc2)CCC3)c2ccccc21. The summed E-state index contributed by atoms with van der Waals surface area (Å²) in [5, 5.41) is 1.61. The highest BCUT2D eigenvalue weighted by atomic mass is 16.5. The number of nitrogens with zero attached hydrogens (tertiary/aromatic N) is 2. The first-order valence-electron chi connectivity index (χ1n) is 15.2. The number of carbonyl (C=O) groups is 2. The molecular weight excluding hydrogens is 544 g/mol. The van der Waals surface area contributed by atoms with Crippen LogP contribution < -0.4 is 0 Å². The van der Waals surface area contributed by atoms with Crippen LogP contribution in [0.1, 0.15) is 57.3 Å². The number of allylic oxidation sites excluding steroid dienone is 1. The average molecular weight is 577 g/mol. The third-order valence-electron chi connectivity index (χ3n) is 8.46. The lowest BCUT2D eigenvalue weighted by atomic mass is 9.86. The molecule has 6 aromatic rings. The standard InChI is InChI=1S/C39H32N2O3/c1-2-41-33-23-12-10-20-30(33)36(38(41)27-16-7-4-8-17-27)34(42)25-44-39(43)35-29-19-9-11-22-32(29)40-37-28(18-13-21-31(35)37)24-26-14-5-3-6-15-26/h3-12,14-17,19-20,22-24H,2,13,18,21,25H2,1H3/b28-24+. The second-order valence-corrected chi connectivity index (χ2v) is 11.1. The van der Waals surface area contributed by atoms with Crippen molar-refractivity contribution in [1.82, 2.24) is 9.55 Å². The van der Waals surface area contributed by atoms with Crippen molar-refractivity contribution in [1.29, 1.82) is 0 Å². The van der Waals surface area contributed by atoms with E-state index in [9.17, 15) is 9.59 Å². The number of pyridine rings is 1. The number of para-hydroxylation sites is 2. The maximum absolute atomic E-state index is 14.0. The molecule has 0 N–H and O–H groups in total. The molecule has 0 bridgehead atoms. The molecule has 0 aliphatic heterocycles. The Labute approximate surface area is 256 Å². The molecule has 0 saturated carbocycles. The van der Waals surface area contributed by atoms with Crippen LogP contribution in [0.5, 0.6) is 0 Å². The molecule has 0 spiro atoms. The van der Waals surface area contributed by atoms with Crippen molar-refractivity contribution < 1.29 is 14.3 Å². The minimum atomic E-state index is -0.491. The van der Waals surface area contributed by atoms with Crippen molar-refractivity contribution in [2.24, 2.45) is 0 Å². The molecule has 2 heterocycles. The number of hydrogen-bond acceptors (Lipinski definition) is 4. The molecule has 1 aliphatic carbocycles. The van der Waals surface area contributed by atoms with Gasteiger partial charge in [0.1, 0.15) is 0 Å². The number of hydrogen-bond donors (Lipinski definition) is 0. The largest absolute Gasteiger partial charge is 0.454 e. The van der Waals surface area contributed by atoms with Crippen LogP contribution in [-0.2, 0) is 17.7 Å². The molecule has 44 heavy (non-hydrogen) atoms. The minimum absolute atomic E-state index is 0.225. The lowest BCUT2D eigenvalue weighted by Gasteiger charge is -2.22. The quantitative estimate of drug-likeness (QED) is 0.141. The number of fused-ring (bicyclic) bond motifs is 3. The number of ketones is 1. The molecule has 5 heteroatoms. The molecule has 216 valence electrons. The average Bonchev–Trinajstić information content (AvgIpc) is 3.41. The number of rotatable bonds is 7. The first-order valence-corrected chi connectivity index (χ1v) is 15.2. The Morgan fingerprint density at radius 2 is 1.48 bits per heavy atom. The van der Waals surface area contributed by atoms with Crippen molar-refractivity contribution in [3.05, 3.63) is 137 Å². The molecular formula is C39H32N2O3. The van der Waals surface area contributed by atoms with E-state index in [1.807, 2.05) is 97.1 Å². The van der Waals surface area contributed by atoms with E-state index in [4.69, 9.17) is 9.72 Å². The zero-order valence-electron chi connectivity index (χ0n) is 24.6. The molecule has 0 fully saturated rings. The second-order valence-electron chi connectivity index (χ2n) is 11.1. The smallest absolute Gasteiger partial charge is 0.339 e. The van der Waals surface area contributed by atoms with Crippen LogP contribution in [0.4, 0.5) is 0 Å². The Balaban J connectivity index is 1.27. The van der Waals surface area contributed by atoms with Gasteiger partial charge in [-0.1, -0.05) is 97.1 Å². The first kappa shape index (κ1) is 27.5. The van der Waals surface area contributed by atoms with Crippen LogP contribution in [0.25, 0.3) is 44.7 Å². The molecule has 1 aliphatic rings. The molecule has 7 rings (SSSR count). The molecule has 0 atom stereocenters. The molecule has 2 aromatic heterocycles. The number of carbonyl (C=O) groups excluding carboxylic acids is 2. The van der Waals surface area contributed by atoms with Gasteiger partial charge in [0.25, 0.3) is 0 Å². The van der Waals surface area contributed by atoms with E-state index in [0.717, 1.165) is 74.7 Å².